The van der Waals surface area contributed by atoms with Crippen molar-refractivity contribution in [1.29, 1.82) is 0 Å². The van der Waals surface area contributed by atoms with Gasteiger partial charge in [0.25, 0.3) is 0 Å². The molecule has 0 radical (unpaired) electrons. The van der Waals surface area contributed by atoms with E-state index in [9.17, 15) is 0 Å². The second-order valence-corrected chi connectivity index (χ2v) is 4.59. The summed E-state index contributed by atoms with van der Waals surface area (Å²) in [4.78, 5) is 4.53. The molecule has 0 unspecified atom stereocenters. The van der Waals surface area contributed by atoms with Crippen molar-refractivity contribution in [3.8, 4) is 17.1 Å². The van der Waals surface area contributed by atoms with E-state index in [0.717, 1.165) is 34.6 Å². The molecule has 0 atom stereocenters. The average Bonchev–Trinajstić information content (AvgIpc) is 2.79. The Morgan fingerprint density at radius 3 is 2.81 bits per heavy atom. The lowest BCUT2D eigenvalue weighted by Gasteiger charge is -2.05. The zero-order valence-corrected chi connectivity index (χ0v) is 10.2. The van der Waals surface area contributed by atoms with Gasteiger partial charge in [-0.3, -0.25) is 0 Å². The van der Waals surface area contributed by atoms with Crippen LogP contribution in [0, 0.1) is 0 Å². The first-order valence-corrected chi connectivity index (χ1v) is 6.01. The number of nitrogens with zero attached hydrogens (tertiary/aromatic N) is 1. The third-order valence-corrected chi connectivity index (χ3v) is 3.40. The third-order valence-electron chi connectivity index (χ3n) is 2.69. The lowest BCUT2D eigenvalue weighted by Crippen LogP contribution is -1.90. The van der Waals surface area contributed by atoms with Crippen LogP contribution >= 0.6 is 15.9 Å². The molecule has 0 spiro atoms. The van der Waals surface area contributed by atoms with E-state index in [0.29, 0.717) is 0 Å². The molecule has 1 aliphatic rings. The Labute approximate surface area is 102 Å². The molecule has 0 aliphatic carbocycles. The Morgan fingerprint density at radius 1 is 1.19 bits per heavy atom. The Morgan fingerprint density at radius 2 is 2.00 bits per heavy atom. The fourth-order valence-electron chi connectivity index (χ4n) is 1.87. The molecule has 80 valence electrons. The van der Waals surface area contributed by atoms with Crippen LogP contribution in [-0.2, 0) is 6.42 Å². The molecule has 1 aromatic carbocycles. The molecule has 16 heavy (non-hydrogen) atoms. The molecule has 2 nitrogen and oxygen atoms in total. The molecule has 0 amide bonds. The number of halogens is 1. The molecule has 3 heteroatoms. The predicted octanol–water partition coefficient (Wildman–Crippen LogP) is 3.45. The van der Waals surface area contributed by atoms with E-state index in [2.05, 4.69) is 39.1 Å². The summed E-state index contributed by atoms with van der Waals surface area (Å²) >= 11 is 3.58. The molecule has 2 aromatic rings. The maximum atomic E-state index is 5.50. The van der Waals surface area contributed by atoms with Gasteiger partial charge in [-0.2, -0.15) is 0 Å². The first-order chi connectivity index (χ1) is 7.84. The molecular formula is C13H10BrNO. The molecule has 0 bridgehead atoms. The first-order valence-electron chi connectivity index (χ1n) is 5.22. The van der Waals surface area contributed by atoms with E-state index >= 15 is 0 Å². The topological polar surface area (TPSA) is 22.1 Å². The second kappa shape index (κ2) is 3.91. The van der Waals surface area contributed by atoms with Gasteiger partial charge in [0.15, 0.2) is 0 Å². The normalized spacial score (nSPS) is 13.3. The second-order valence-electron chi connectivity index (χ2n) is 3.74. The van der Waals surface area contributed by atoms with Crippen LogP contribution in [0.25, 0.3) is 11.3 Å². The number of benzene rings is 1. The molecule has 1 aliphatic heterocycles. The Bertz CT molecular complexity index is 525. The number of hydrogen-bond acceptors (Lipinski definition) is 2. The Balaban J connectivity index is 2.13. The monoisotopic (exact) mass is 275 g/mol. The fraction of sp³-hybridized carbons (Fsp3) is 0.154. The number of rotatable bonds is 1. The zero-order chi connectivity index (χ0) is 11.0. The fourth-order valence-corrected chi connectivity index (χ4v) is 2.46. The van der Waals surface area contributed by atoms with E-state index in [1.54, 1.807) is 0 Å². The van der Waals surface area contributed by atoms with Crippen molar-refractivity contribution in [1.82, 2.24) is 4.98 Å². The van der Waals surface area contributed by atoms with Gasteiger partial charge in [-0.1, -0.05) is 46.3 Å². The summed E-state index contributed by atoms with van der Waals surface area (Å²) < 4.78 is 6.59. The van der Waals surface area contributed by atoms with Gasteiger partial charge in [0.05, 0.1) is 12.3 Å². The van der Waals surface area contributed by atoms with Gasteiger partial charge >= 0.3 is 0 Å². The SMILES string of the molecule is Brc1cc(-c2ccccc2)nc2c1CCO2. The zero-order valence-electron chi connectivity index (χ0n) is 8.61. The third kappa shape index (κ3) is 1.61. The van der Waals surface area contributed by atoms with Crippen molar-refractivity contribution in [3.05, 3.63) is 46.4 Å². The van der Waals surface area contributed by atoms with Gasteiger partial charge in [0.2, 0.25) is 5.88 Å². The molecule has 1 aromatic heterocycles. The number of aromatic nitrogens is 1. The van der Waals surface area contributed by atoms with Crippen LogP contribution < -0.4 is 4.74 Å². The summed E-state index contributed by atoms with van der Waals surface area (Å²) in [5.41, 5.74) is 3.24. The number of ether oxygens (including phenoxy) is 1. The average molecular weight is 276 g/mol. The molecule has 2 heterocycles. The van der Waals surface area contributed by atoms with Gasteiger partial charge < -0.3 is 4.74 Å². The summed E-state index contributed by atoms with van der Waals surface area (Å²) in [7, 11) is 0. The van der Waals surface area contributed by atoms with E-state index in [-0.39, 0.29) is 0 Å². The number of pyridine rings is 1. The smallest absolute Gasteiger partial charge is 0.218 e. The lowest BCUT2D eigenvalue weighted by atomic mass is 10.1. The number of fused-ring (bicyclic) bond motifs is 1. The van der Waals surface area contributed by atoms with Crippen LogP contribution in [0.2, 0.25) is 0 Å². The highest BCUT2D eigenvalue weighted by atomic mass is 79.9. The van der Waals surface area contributed by atoms with E-state index in [1.165, 1.54) is 5.56 Å². The quantitative estimate of drug-likeness (QED) is 0.796. The van der Waals surface area contributed by atoms with Gasteiger partial charge in [-0.25, -0.2) is 4.98 Å². The van der Waals surface area contributed by atoms with Crippen molar-refractivity contribution < 1.29 is 4.74 Å². The van der Waals surface area contributed by atoms with Gasteiger partial charge in [0, 0.05) is 22.0 Å². The highest BCUT2D eigenvalue weighted by molar-refractivity contribution is 9.10. The molecule has 0 saturated heterocycles. The molecule has 0 N–H and O–H groups in total. The molecular weight excluding hydrogens is 266 g/mol. The highest BCUT2D eigenvalue weighted by Gasteiger charge is 2.18. The maximum Gasteiger partial charge on any atom is 0.218 e. The number of hydrogen-bond donors (Lipinski definition) is 0. The van der Waals surface area contributed by atoms with Crippen LogP contribution in [0.4, 0.5) is 0 Å². The standard InChI is InChI=1S/C13H10BrNO/c14-11-8-12(9-4-2-1-3-5-9)15-13-10(11)6-7-16-13/h1-5,8H,6-7H2. The van der Waals surface area contributed by atoms with Crippen LogP contribution in [0.15, 0.2) is 40.9 Å². The first kappa shape index (κ1) is 9.85. The van der Waals surface area contributed by atoms with Crippen molar-refractivity contribution in [2.45, 2.75) is 6.42 Å². The Hall–Kier alpha value is -1.35. The maximum absolute atomic E-state index is 5.50. The highest BCUT2D eigenvalue weighted by Crippen LogP contribution is 2.33. The van der Waals surface area contributed by atoms with Gasteiger partial charge in [-0.05, 0) is 6.07 Å². The van der Waals surface area contributed by atoms with Gasteiger partial charge in [0.1, 0.15) is 0 Å². The van der Waals surface area contributed by atoms with Crippen molar-refractivity contribution in [2.75, 3.05) is 6.61 Å². The summed E-state index contributed by atoms with van der Waals surface area (Å²) in [6, 6.07) is 12.2. The molecule has 3 rings (SSSR count). The van der Waals surface area contributed by atoms with Crippen LogP contribution in [-0.4, -0.2) is 11.6 Å². The van der Waals surface area contributed by atoms with Crippen LogP contribution in [0.3, 0.4) is 0 Å². The minimum Gasteiger partial charge on any atom is -0.477 e. The Kier molecular flexibility index (Phi) is 2.40. The summed E-state index contributed by atoms with van der Waals surface area (Å²) in [6.45, 7) is 0.735. The lowest BCUT2D eigenvalue weighted by molar-refractivity contribution is 0.345. The van der Waals surface area contributed by atoms with E-state index in [1.807, 2.05) is 18.2 Å². The van der Waals surface area contributed by atoms with Crippen molar-refractivity contribution in [2.24, 2.45) is 0 Å². The largest absolute Gasteiger partial charge is 0.477 e. The van der Waals surface area contributed by atoms with Crippen molar-refractivity contribution >= 4 is 15.9 Å². The molecule has 0 saturated carbocycles. The van der Waals surface area contributed by atoms with E-state index in [4.69, 9.17) is 4.74 Å². The molecule has 0 fully saturated rings. The summed E-state index contributed by atoms with van der Waals surface area (Å²) in [5.74, 6) is 0.772. The predicted molar refractivity (Wildman–Crippen MR) is 66.6 cm³/mol. The minimum absolute atomic E-state index is 0.735. The summed E-state index contributed by atoms with van der Waals surface area (Å²) in [5, 5.41) is 0. The van der Waals surface area contributed by atoms with Crippen LogP contribution in [0.5, 0.6) is 5.88 Å². The van der Waals surface area contributed by atoms with Gasteiger partial charge in [-0.15, -0.1) is 0 Å². The van der Waals surface area contributed by atoms with E-state index < -0.39 is 0 Å². The summed E-state index contributed by atoms with van der Waals surface area (Å²) in [6.07, 6.45) is 0.942. The minimum atomic E-state index is 0.735. The van der Waals surface area contributed by atoms with Crippen molar-refractivity contribution in [3.63, 3.8) is 0 Å². The van der Waals surface area contributed by atoms with Crippen LogP contribution in [0.1, 0.15) is 5.56 Å².